The Bertz CT molecular complexity index is 767. The number of rotatable bonds is 8. The van der Waals surface area contributed by atoms with Gasteiger partial charge in [-0.05, 0) is 80.8 Å². The van der Waals surface area contributed by atoms with E-state index < -0.39 is 0 Å². The molecule has 1 aromatic heterocycles. The highest BCUT2D eigenvalue weighted by Gasteiger charge is 2.23. The second-order valence-corrected chi connectivity index (χ2v) is 8.69. The number of aromatic nitrogens is 1. The number of nitrogens with zero attached hydrogens (tertiary/aromatic N) is 2. The first-order chi connectivity index (χ1) is 13.7. The van der Waals surface area contributed by atoms with Crippen LogP contribution in [0.3, 0.4) is 0 Å². The number of hydrogen-bond donors (Lipinski definition) is 1. The van der Waals surface area contributed by atoms with Crippen molar-refractivity contribution in [3.05, 3.63) is 59.4 Å². The van der Waals surface area contributed by atoms with Gasteiger partial charge in [0.25, 0.3) is 0 Å². The Kier molecular flexibility index (Phi) is 6.16. The van der Waals surface area contributed by atoms with Crippen molar-refractivity contribution in [2.75, 3.05) is 13.1 Å². The zero-order chi connectivity index (χ0) is 19.3. The van der Waals surface area contributed by atoms with E-state index in [2.05, 4.69) is 64.4 Å². The molecule has 28 heavy (non-hydrogen) atoms. The summed E-state index contributed by atoms with van der Waals surface area (Å²) in [5.74, 6) is 0.994. The van der Waals surface area contributed by atoms with Crippen molar-refractivity contribution < 1.29 is 4.79 Å². The second-order valence-electron chi connectivity index (χ2n) is 8.69. The standard InChI is InChI=1S/C24H33N3O/c1-26-14-2-3-23(26)18-27-15-12-21(13-16-27)17-20-6-4-19(5-7-20)8-11-24(28)25-22-9-10-22/h2-7,14,21-22H,8-13,15-18H2,1H3,(H,25,28). The van der Waals surface area contributed by atoms with Crippen molar-refractivity contribution in [2.24, 2.45) is 13.0 Å². The van der Waals surface area contributed by atoms with Crippen LogP contribution in [0.4, 0.5) is 0 Å². The summed E-state index contributed by atoms with van der Waals surface area (Å²) in [5, 5.41) is 3.07. The number of hydrogen-bond acceptors (Lipinski definition) is 2. The Labute approximate surface area is 168 Å². The zero-order valence-electron chi connectivity index (χ0n) is 17.1. The van der Waals surface area contributed by atoms with Crippen LogP contribution in [-0.2, 0) is 31.2 Å². The molecule has 0 radical (unpaired) electrons. The SMILES string of the molecule is Cn1cccc1CN1CCC(Cc2ccc(CCC(=O)NC3CC3)cc2)CC1. The molecule has 1 N–H and O–H groups in total. The van der Waals surface area contributed by atoms with Gasteiger partial charge >= 0.3 is 0 Å². The largest absolute Gasteiger partial charge is 0.353 e. The molecule has 4 heteroatoms. The second kappa shape index (κ2) is 8.95. The molecule has 0 spiro atoms. The fourth-order valence-corrected chi connectivity index (χ4v) is 4.20. The van der Waals surface area contributed by atoms with E-state index >= 15 is 0 Å². The molecule has 1 aromatic carbocycles. The van der Waals surface area contributed by atoms with Crippen LogP contribution in [0.2, 0.25) is 0 Å². The van der Waals surface area contributed by atoms with E-state index in [1.807, 2.05) is 0 Å². The molecule has 2 aliphatic rings. The van der Waals surface area contributed by atoms with Gasteiger partial charge in [-0.3, -0.25) is 9.69 Å². The van der Waals surface area contributed by atoms with Crippen molar-refractivity contribution in [2.45, 2.75) is 57.5 Å². The van der Waals surface area contributed by atoms with Gasteiger partial charge in [-0.2, -0.15) is 0 Å². The number of aryl methyl sites for hydroxylation is 2. The number of carbonyl (C=O) groups is 1. The summed E-state index contributed by atoms with van der Waals surface area (Å²) >= 11 is 0. The normalized spacial score (nSPS) is 18.3. The van der Waals surface area contributed by atoms with E-state index in [1.54, 1.807) is 0 Å². The molecule has 1 amide bonds. The molecule has 1 aliphatic heterocycles. The minimum atomic E-state index is 0.202. The third-order valence-electron chi connectivity index (χ3n) is 6.27. The van der Waals surface area contributed by atoms with Crippen molar-refractivity contribution in [1.82, 2.24) is 14.8 Å². The Morgan fingerprint density at radius 2 is 1.75 bits per heavy atom. The van der Waals surface area contributed by atoms with Gasteiger partial charge in [0.05, 0.1) is 0 Å². The van der Waals surface area contributed by atoms with E-state index in [4.69, 9.17) is 0 Å². The number of carbonyl (C=O) groups excluding carboxylic acids is 1. The lowest BCUT2D eigenvalue weighted by atomic mass is 9.89. The highest BCUT2D eigenvalue weighted by atomic mass is 16.1. The minimum absolute atomic E-state index is 0.202. The lowest BCUT2D eigenvalue weighted by Gasteiger charge is -2.32. The molecule has 0 bridgehead atoms. The smallest absolute Gasteiger partial charge is 0.220 e. The predicted molar refractivity (Wildman–Crippen MR) is 113 cm³/mol. The zero-order valence-corrected chi connectivity index (χ0v) is 17.1. The summed E-state index contributed by atoms with van der Waals surface area (Å²) in [6.07, 6.45) is 9.65. The van der Waals surface area contributed by atoms with Crippen molar-refractivity contribution in [3.63, 3.8) is 0 Å². The van der Waals surface area contributed by atoms with E-state index in [9.17, 15) is 4.79 Å². The average molecular weight is 380 g/mol. The molecular weight excluding hydrogens is 346 g/mol. The van der Waals surface area contributed by atoms with Gasteiger partial charge in [0.15, 0.2) is 0 Å². The van der Waals surface area contributed by atoms with Crippen LogP contribution in [0.15, 0.2) is 42.6 Å². The molecule has 4 nitrogen and oxygen atoms in total. The summed E-state index contributed by atoms with van der Waals surface area (Å²) in [5.41, 5.74) is 4.11. The first-order valence-electron chi connectivity index (χ1n) is 10.9. The maximum Gasteiger partial charge on any atom is 0.220 e. The lowest BCUT2D eigenvalue weighted by molar-refractivity contribution is -0.121. The average Bonchev–Trinajstić information content (AvgIpc) is 3.43. The van der Waals surface area contributed by atoms with Crippen LogP contribution >= 0.6 is 0 Å². The van der Waals surface area contributed by atoms with Crippen molar-refractivity contribution in [1.29, 1.82) is 0 Å². The molecule has 4 rings (SSSR count). The summed E-state index contributed by atoms with van der Waals surface area (Å²) in [4.78, 5) is 14.4. The van der Waals surface area contributed by atoms with Gasteiger partial charge in [-0.1, -0.05) is 24.3 Å². The molecule has 1 aliphatic carbocycles. The van der Waals surface area contributed by atoms with Gasteiger partial charge in [0.1, 0.15) is 0 Å². The molecular formula is C24H33N3O. The summed E-state index contributed by atoms with van der Waals surface area (Å²) in [6.45, 7) is 3.47. The van der Waals surface area contributed by atoms with E-state index in [0.29, 0.717) is 12.5 Å². The third-order valence-corrected chi connectivity index (χ3v) is 6.27. The molecule has 2 heterocycles. The summed E-state index contributed by atoms with van der Waals surface area (Å²) < 4.78 is 2.23. The van der Waals surface area contributed by atoms with E-state index in [-0.39, 0.29) is 5.91 Å². The van der Waals surface area contributed by atoms with Crippen LogP contribution in [0.5, 0.6) is 0 Å². The van der Waals surface area contributed by atoms with Crippen LogP contribution in [0.1, 0.15) is 48.9 Å². The maximum absolute atomic E-state index is 11.8. The van der Waals surface area contributed by atoms with Crippen LogP contribution in [0, 0.1) is 5.92 Å². The number of likely N-dealkylation sites (tertiary alicyclic amines) is 1. The first-order valence-corrected chi connectivity index (χ1v) is 10.9. The number of nitrogens with one attached hydrogen (secondary N) is 1. The summed E-state index contributed by atoms with van der Waals surface area (Å²) in [6, 6.07) is 13.8. The predicted octanol–water partition coefficient (Wildman–Crippen LogP) is 3.69. The fourth-order valence-electron chi connectivity index (χ4n) is 4.20. The Morgan fingerprint density at radius 3 is 2.39 bits per heavy atom. The van der Waals surface area contributed by atoms with E-state index in [0.717, 1.165) is 31.7 Å². The van der Waals surface area contributed by atoms with E-state index in [1.165, 1.54) is 49.2 Å². The van der Waals surface area contributed by atoms with Gasteiger partial charge in [0.2, 0.25) is 5.91 Å². The molecule has 1 saturated heterocycles. The van der Waals surface area contributed by atoms with Gasteiger partial charge in [-0.15, -0.1) is 0 Å². The van der Waals surface area contributed by atoms with Crippen LogP contribution in [0.25, 0.3) is 0 Å². The highest BCUT2D eigenvalue weighted by Crippen LogP contribution is 2.23. The monoisotopic (exact) mass is 379 g/mol. The van der Waals surface area contributed by atoms with Crippen LogP contribution < -0.4 is 5.32 Å². The van der Waals surface area contributed by atoms with Gasteiger partial charge < -0.3 is 9.88 Å². The Balaban J connectivity index is 1.18. The lowest BCUT2D eigenvalue weighted by Crippen LogP contribution is -2.34. The topological polar surface area (TPSA) is 37.3 Å². The molecule has 0 atom stereocenters. The van der Waals surface area contributed by atoms with Gasteiger partial charge in [0, 0.05) is 37.9 Å². The first kappa shape index (κ1) is 19.3. The molecule has 150 valence electrons. The third kappa shape index (κ3) is 5.48. The fraction of sp³-hybridized carbons (Fsp3) is 0.542. The summed E-state index contributed by atoms with van der Waals surface area (Å²) in [7, 11) is 2.13. The Hall–Kier alpha value is -2.07. The molecule has 1 saturated carbocycles. The van der Waals surface area contributed by atoms with Gasteiger partial charge in [-0.25, -0.2) is 0 Å². The molecule has 0 unspecified atom stereocenters. The number of benzene rings is 1. The van der Waals surface area contributed by atoms with Crippen molar-refractivity contribution in [3.8, 4) is 0 Å². The number of amides is 1. The molecule has 2 fully saturated rings. The Morgan fingerprint density at radius 1 is 1.04 bits per heavy atom. The molecule has 2 aromatic rings. The van der Waals surface area contributed by atoms with Crippen LogP contribution in [-0.4, -0.2) is 34.5 Å². The van der Waals surface area contributed by atoms with Crippen molar-refractivity contribution >= 4 is 5.91 Å². The maximum atomic E-state index is 11.8. The minimum Gasteiger partial charge on any atom is -0.353 e. The quantitative estimate of drug-likeness (QED) is 0.759. The highest BCUT2D eigenvalue weighted by molar-refractivity contribution is 5.76. The number of piperidine rings is 1.